The molecule has 24 heavy (non-hydrogen) atoms. The Bertz CT molecular complexity index is 410. The lowest BCUT2D eigenvalue weighted by atomic mass is 10.1. The highest BCUT2D eigenvalue weighted by molar-refractivity contribution is 7.84. The van der Waals surface area contributed by atoms with Crippen molar-refractivity contribution in [3.8, 4) is 0 Å². The lowest BCUT2D eigenvalue weighted by Gasteiger charge is -2.50. The molecule has 1 atom stereocenters. The molecular formula is C14H34N3O5PS. The molecule has 0 aliphatic rings. The Balaban J connectivity index is 4.20. The fraction of sp³-hybridized carbons (Fsp3) is 1.00. The van der Waals surface area contributed by atoms with Gasteiger partial charge in [0.15, 0.2) is 9.03 Å². The van der Waals surface area contributed by atoms with Crippen molar-refractivity contribution in [3.63, 3.8) is 0 Å². The molecule has 0 heterocycles. The number of hydrogen-bond donors (Lipinski definition) is 0. The minimum Gasteiger partial charge on any atom is -0.335 e. The van der Waals surface area contributed by atoms with Crippen LogP contribution >= 0.6 is 9.03 Å². The van der Waals surface area contributed by atoms with Crippen molar-refractivity contribution in [2.75, 3.05) is 55.5 Å². The molecule has 0 aromatic heterocycles. The summed E-state index contributed by atoms with van der Waals surface area (Å²) < 4.78 is 37.5. The Kier molecular flexibility index (Phi) is 11.8. The quantitative estimate of drug-likeness (QED) is 0.253. The van der Waals surface area contributed by atoms with Crippen molar-refractivity contribution in [2.24, 2.45) is 0 Å². The van der Waals surface area contributed by atoms with Crippen LogP contribution in [0.1, 0.15) is 32.6 Å². The van der Waals surface area contributed by atoms with Gasteiger partial charge in [-0.25, -0.2) is 4.18 Å². The van der Waals surface area contributed by atoms with Gasteiger partial charge in [0.2, 0.25) is 0 Å². The van der Waals surface area contributed by atoms with Crippen LogP contribution in [0.5, 0.6) is 0 Å². The van der Waals surface area contributed by atoms with E-state index in [2.05, 4.69) is 22.9 Å². The first-order chi connectivity index (χ1) is 11.1. The van der Waals surface area contributed by atoms with Gasteiger partial charge in [0, 0.05) is 0 Å². The van der Waals surface area contributed by atoms with Crippen LogP contribution in [0.2, 0.25) is 0 Å². The zero-order valence-electron chi connectivity index (χ0n) is 16.0. The van der Waals surface area contributed by atoms with Crippen molar-refractivity contribution in [2.45, 2.75) is 38.4 Å². The van der Waals surface area contributed by atoms with Crippen LogP contribution in [0.3, 0.4) is 0 Å². The first-order valence-corrected chi connectivity index (χ1v) is 10.2. The van der Waals surface area contributed by atoms with Gasteiger partial charge >= 0.3 is 10.4 Å². The zero-order valence-corrected chi connectivity index (χ0v) is 17.9. The Morgan fingerprint density at radius 1 is 0.917 bits per heavy atom. The summed E-state index contributed by atoms with van der Waals surface area (Å²) in [6.45, 7) is 2.51. The standard InChI is InChI=1S/C14H34N3O5PS/c1-8-9-13-21-24(18,19)22-23-20-12-10-11-14(15(2)3,16(4)5)17(6)7/h23H,8-13H2,1-7H3. The molecule has 0 aliphatic carbocycles. The number of nitrogens with zero attached hydrogens (tertiary/aromatic N) is 3. The Hall–Kier alpha value is 0.140. The lowest BCUT2D eigenvalue weighted by Crippen LogP contribution is -2.64. The van der Waals surface area contributed by atoms with Crippen LogP contribution in [0.4, 0.5) is 0 Å². The molecular weight excluding hydrogens is 353 g/mol. The summed E-state index contributed by atoms with van der Waals surface area (Å²) in [6, 6.07) is 0. The molecule has 0 bridgehead atoms. The molecule has 0 amide bonds. The van der Waals surface area contributed by atoms with Gasteiger partial charge in [-0.2, -0.15) is 12.4 Å². The van der Waals surface area contributed by atoms with Gasteiger partial charge in [-0.1, -0.05) is 13.3 Å². The minimum absolute atomic E-state index is 0.139. The van der Waals surface area contributed by atoms with Crippen LogP contribution in [0.15, 0.2) is 0 Å². The average Bonchev–Trinajstić information content (AvgIpc) is 2.45. The Labute approximate surface area is 149 Å². The van der Waals surface area contributed by atoms with Gasteiger partial charge in [0.1, 0.15) is 5.79 Å². The van der Waals surface area contributed by atoms with Crippen LogP contribution in [0, 0.1) is 0 Å². The van der Waals surface area contributed by atoms with E-state index >= 15 is 0 Å². The first-order valence-electron chi connectivity index (χ1n) is 8.07. The summed E-state index contributed by atoms with van der Waals surface area (Å²) in [4.78, 5) is 6.45. The van der Waals surface area contributed by atoms with Gasteiger partial charge in [-0.3, -0.25) is 14.7 Å². The van der Waals surface area contributed by atoms with Gasteiger partial charge in [0.25, 0.3) is 0 Å². The molecule has 0 radical (unpaired) electrons. The zero-order chi connectivity index (χ0) is 18.8. The van der Waals surface area contributed by atoms with Crippen LogP contribution < -0.4 is 0 Å². The van der Waals surface area contributed by atoms with Gasteiger partial charge in [-0.15, -0.1) is 0 Å². The topological polar surface area (TPSA) is 71.5 Å². The van der Waals surface area contributed by atoms with Crippen molar-refractivity contribution in [1.82, 2.24) is 14.7 Å². The number of rotatable bonds is 14. The molecule has 0 aromatic rings. The number of hydrogen-bond acceptors (Lipinski definition) is 8. The highest BCUT2D eigenvalue weighted by Crippen LogP contribution is 2.26. The third-order valence-corrected chi connectivity index (χ3v) is 5.69. The summed E-state index contributed by atoms with van der Waals surface area (Å²) in [5, 5.41) is 0. The summed E-state index contributed by atoms with van der Waals surface area (Å²) in [7, 11) is 7.67. The van der Waals surface area contributed by atoms with Crippen LogP contribution in [-0.4, -0.2) is 84.4 Å². The normalized spacial score (nSPS) is 13.9. The summed E-state index contributed by atoms with van der Waals surface area (Å²) in [5.41, 5.74) is 0. The maximum absolute atomic E-state index is 11.4. The largest absolute Gasteiger partial charge is 0.404 e. The second kappa shape index (κ2) is 11.7. The van der Waals surface area contributed by atoms with Gasteiger partial charge in [-0.05, 0) is 61.5 Å². The Morgan fingerprint density at radius 3 is 1.92 bits per heavy atom. The molecule has 0 aromatic carbocycles. The first kappa shape index (κ1) is 24.1. The van der Waals surface area contributed by atoms with E-state index in [4.69, 9.17) is 4.52 Å². The highest BCUT2D eigenvalue weighted by Gasteiger charge is 2.36. The van der Waals surface area contributed by atoms with Gasteiger partial charge < -0.3 is 4.52 Å². The smallest absolute Gasteiger partial charge is 0.335 e. The van der Waals surface area contributed by atoms with E-state index in [0.717, 1.165) is 19.3 Å². The maximum atomic E-state index is 11.4. The second-order valence-electron chi connectivity index (χ2n) is 6.16. The fourth-order valence-corrected chi connectivity index (χ4v) is 3.96. The fourth-order valence-electron chi connectivity index (χ4n) is 2.69. The van der Waals surface area contributed by atoms with Crippen molar-refractivity contribution < 1.29 is 21.1 Å². The predicted octanol–water partition coefficient (Wildman–Crippen LogP) is 1.71. The second-order valence-corrected chi connectivity index (χ2v) is 8.33. The van der Waals surface area contributed by atoms with E-state index in [9.17, 15) is 8.42 Å². The predicted molar refractivity (Wildman–Crippen MR) is 98.2 cm³/mol. The monoisotopic (exact) mass is 387 g/mol. The molecule has 0 rings (SSSR count). The molecule has 8 nitrogen and oxygen atoms in total. The van der Waals surface area contributed by atoms with Crippen LogP contribution in [-0.2, 0) is 23.1 Å². The van der Waals surface area contributed by atoms with E-state index < -0.39 is 19.4 Å². The summed E-state index contributed by atoms with van der Waals surface area (Å²) >= 11 is 0. The van der Waals surface area contributed by atoms with E-state index in [-0.39, 0.29) is 12.4 Å². The average molecular weight is 387 g/mol. The van der Waals surface area contributed by atoms with Gasteiger partial charge in [0.05, 0.1) is 13.2 Å². The SMILES string of the molecule is CCCCOS(=O)(=O)OPOCCCC(N(C)C)(N(C)C)N(C)C. The molecule has 0 fully saturated rings. The number of unbranched alkanes of at least 4 members (excludes halogenated alkanes) is 1. The van der Waals surface area contributed by atoms with E-state index in [1.807, 2.05) is 49.2 Å². The van der Waals surface area contributed by atoms with Crippen LogP contribution in [0.25, 0.3) is 0 Å². The summed E-state index contributed by atoms with van der Waals surface area (Å²) in [5.74, 6) is -0.233. The molecule has 0 spiro atoms. The molecule has 0 saturated carbocycles. The molecule has 0 N–H and O–H groups in total. The molecule has 0 saturated heterocycles. The summed E-state index contributed by atoms with van der Waals surface area (Å²) in [6.07, 6.45) is 3.14. The van der Waals surface area contributed by atoms with Crippen molar-refractivity contribution in [1.29, 1.82) is 0 Å². The molecule has 1 unspecified atom stereocenters. The maximum Gasteiger partial charge on any atom is 0.404 e. The third kappa shape index (κ3) is 8.01. The molecule has 0 aliphatic heterocycles. The van der Waals surface area contributed by atoms with E-state index in [1.54, 1.807) is 0 Å². The van der Waals surface area contributed by atoms with E-state index in [0.29, 0.717) is 13.0 Å². The van der Waals surface area contributed by atoms with E-state index in [1.165, 1.54) is 0 Å². The van der Waals surface area contributed by atoms with Crippen molar-refractivity contribution in [3.05, 3.63) is 0 Å². The third-order valence-electron chi connectivity index (χ3n) is 3.83. The molecule has 146 valence electrons. The van der Waals surface area contributed by atoms with Crippen molar-refractivity contribution >= 4 is 19.4 Å². The highest BCUT2D eigenvalue weighted by atomic mass is 32.3. The lowest BCUT2D eigenvalue weighted by molar-refractivity contribution is -0.116. The minimum atomic E-state index is -3.95. The molecule has 10 heteroatoms. The Morgan fingerprint density at radius 2 is 1.46 bits per heavy atom.